The van der Waals surface area contributed by atoms with E-state index in [1.54, 1.807) is 12.5 Å². The Balaban J connectivity index is 1.81. The van der Waals surface area contributed by atoms with Crippen LogP contribution in [0.1, 0.15) is 12.6 Å². The molecule has 0 aliphatic carbocycles. The zero-order valence-electron chi connectivity index (χ0n) is 14.2. The van der Waals surface area contributed by atoms with Gasteiger partial charge in [0.15, 0.2) is 5.82 Å². The number of imidazole rings is 1. The van der Waals surface area contributed by atoms with Crippen LogP contribution < -0.4 is 10.1 Å². The van der Waals surface area contributed by atoms with Crippen molar-refractivity contribution in [1.82, 2.24) is 29.8 Å². The molecule has 0 bridgehead atoms. The van der Waals surface area contributed by atoms with E-state index in [4.69, 9.17) is 4.74 Å². The number of anilines is 2. The van der Waals surface area contributed by atoms with E-state index >= 15 is 0 Å². The van der Waals surface area contributed by atoms with Crippen molar-refractivity contribution in [2.75, 3.05) is 26.0 Å². The van der Waals surface area contributed by atoms with Gasteiger partial charge in [-0.3, -0.25) is 0 Å². The molecule has 0 saturated heterocycles. The number of H-pyrrole nitrogens is 1. The fraction of sp³-hybridized carbons (Fsp3) is 0.312. The van der Waals surface area contributed by atoms with E-state index in [1.165, 1.54) is 6.20 Å². The number of pyridine rings is 1. The zero-order chi connectivity index (χ0) is 17.8. The number of fused-ring (bicyclic) bond motifs is 1. The molecule has 3 aromatic rings. The summed E-state index contributed by atoms with van der Waals surface area (Å²) in [5.41, 5.74) is 1.78. The van der Waals surface area contributed by atoms with Gasteiger partial charge >= 0.3 is 0 Å². The predicted molar refractivity (Wildman–Crippen MR) is 92.6 cm³/mol. The van der Waals surface area contributed by atoms with Crippen LogP contribution in [0.25, 0.3) is 11.0 Å². The van der Waals surface area contributed by atoms with E-state index in [-0.39, 0.29) is 17.7 Å². The third-order valence-corrected chi connectivity index (χ3v) is 3.34. The van der Waals surface area contributed by atoms with Crippen LogP contribution in [0, 0.1) is 11.3 Å². The van der Waals surface area contributed by atoms with Crippen LogP contribution >= 0.6 is 0 Å². The first-order chi connectivity index (χ1) is 12.0. The van der Waals surface area contributed by atoms with Gasteiger partial charge < -0.3 is 19.9 Å². The van der Waals surface area contributed by atoms with Crippen molar-refractivity contribution in [3.05, 3.63) is 30.5 Å². The molecular formula is C16H18N8O. The second-order valence-electron chi connectivity index (χ2n) is 5.83. The molecule has 128 valence electrons. The number of aromatic nitrogens is 5. The van der Waals surface area contributed by atoms with Crippen LogP contribution in [0.3, 0.4) is 0 Å². The number of nitrogens with one attached hydrogen (secondary N) is 2. The molecule has 9 heteroatoms. The summed E-state index contributed by atoms with van der Waals surface area (Å²) >= 11 is 0. The molecule has 9 nitrogen and oxygen atoms in total. The van der Waals surface area contributed by atoms with E-state index < -0.39 is 0 Å². The highest BCUT2D eigenvalue weighted by atomic mass is 16.5. The van der Waals surface area contributed by atoms with Crippen molar-refractivity contribution in [3.8, 4) is 11.9 Å². The molecule has 0 saturated carbocycles. The number of rotatable bonds is 6. The summed E-state index contributed by atoms with van der Waals surface area (Å²) in [4.78, 5) is 21.9. The molecule has 0 aliphatic rings. The standard InChI is InChI=1S/C16H18N8O/c1-10(8-24(2)3)25-16-12(5-17)18-7-15(23-16)22-14-4-11-13(6-19-14)21-9-20-11/h4,6-7,9-10H,8H2,1-3H3,(H,20,21)(H,19,22,23). The Kier molecular flexibility index (Phi) is 4.72. The Morgan fingerprint density at radius 3 is 2.88 bits per heavy atom. The Morgan fingerprint density at radius 2 is 2.12 bits per heavy atom. The average Bonchev–Trinajstić information content (AvgIpc) is 3.02. The third-order valence-electron chi connectivity index (χ3n) is 3.34. The highest BCUT2D eigenvalue weighted by Crippen LogP contribution is 2.20. The smallest absolute Gasteiger partial charge is 0.253 e. The summed E-state index contributed by atoms with van der Waals surface area (Å²) < 4.78 is 5.77. The number of ether oxygens (including phenoxy) is 1. The van der Waals surface area contributed by atoms with Crippen LogP contribution in [0.15, 0.2) is 24.8 Å². The van der Waals surface area contributed by atoms with Crippen molar-refractivity contribution in [2.24, 2.45) is 0 Å². The molecule has 0 aromatic carbocycles. The number of nitriles is 1. The Bertz CT molecular complexity index is 914. The number of nitrogens with zero attached hydrogens (tertiary/aromatic N) is 6. The molecule has 0 aliphatic heterocycles. The van der Waals surface area contributed by atoms with Gasteiger partial charge in [0.05, 0.1) is 24.2 Å². The first kappa shape index (κ1) is 16.6. The van der Waals surface area contributed by atoms with Gasteiger partial charge in [-0.05, 0) is 21.0 Å². The van der Waals surface area contributed by atoms with Gasteiger partial charge in [0, 0.05) is 12.6 Å². The average molecular weight is 338 g/mol. The molecule has 1 atom stereocenters. The molecule has 25 heavy (non-hydrogen) atoms. The lowest BCUT2D eigenvalue weighted by atomic mass is 10.3. The highest BCUT2D eigenvalue weighted by molar-refractivity contribution is 5.77. The van der Waals surface area contributed by atoms with Crippen LogP contribution in [0.5, 0.6) is 5.88 Å². The first-order valence-electron chi connectivity index (χ1n) is 7.70. The second kappa shape index (κ2) is 7.11. The minimum atomic E-state index is -0.133. The number of aromatic amines is 1. The number of hydrogen-bond acceptors (Lipinski definition) is 8. The summed E-state index contributed by atoms with van der Waals surface area (Å²) in [6.45, 7) is 2.61. The molecule has 3 rings (SSSR count). The first-order valence-corrected chi connectivity index (χ1v) is 7.70. The Hall–Kier alpha value is -3.25. The van der Waals surface area contributed by atoms with Crippen molar-refractivity contribution >= 4 is 22.7 Å². The fourth-order valence-corrected chi connectivity index (χ4v) is 2.37. The van der Waals surface area contributed by atoms with E-state index in [1.807, 2.05) is 38.1 Å². The zero-order valence-corrected chi connectivity index (χ0v) is 14.2. The van der Waals surface area contributed by atoms with Crippen LogP contribution in [0.2, 0.25) is 0 Å². The van der Waals surface area contributed by atoms with E-state index in [2.05, 4.69) is 30.2 Å². The van der Waals surface area contributed by atoms with Gasteiger partial charge in [0.1, 0.15) is 23.5 Å². The van der Waals surface area contributed by atoms with Gasteiger partial charge in [-0.25, -0.2) is 15.0 Å². The molecule has 0 amide bonds. The minimum Gasteiger partial charge on any atom is -0.471 e. The van der Waals surface area contributed by atoms with Crippen molar-refractivity contribution in [3.63, 3.8) is 0 Å². The second-order valence-corrected chi connectivity index (χ2v) is 5.83. The maximum atomic E-state index is 9.20. The summed E-state index contributed by atoms with van der Waals surface area (Å²) in [7, 11) is 3.90. The van der Waals surface area contributed by atoms with Gasteiger partial charge in [0.25, 0.3) is 5.88 Å². The third kappa shape index (κ3) is 3.99. The predicted octanol–water partition coefficient (Wildman–Crippen LogP) is 1.69. The molecule has 1 unspecified atom stereocenters. The van der Waals surface area contributed by atoms with Gasteiger partial charge in [-0.2, -0.15) is 10.2 Å². The highest BCUT2D eigenvalue weighted by Gasteiger charge is 2.14. The maximum absolute atomic E-state index is 9.20. The molecule has 0 fully saturated rings. The lowest BCUT2D eigenvalue weighted by Gasteiger charge is -2.18. The van der Waals surface area contributed by atoms with Crippen molar-refractivity contribution in [2.45, 2.75) is 13.0 Å². The summed E-state index contributed by atoms with van der Waals surface area (Å²) in [5.74, 6) is 1.23. The molecule has 2 N–H and O–H groups in total. The van der Waals surface area contributed by atoms with E-state index in [0.29, 0.717) is 18.2 Å². The van der Waals surface area contributed by atoms with Crippen molar-refractivity contribution < 1.29 is 4.74 Å². The summed E-state index contributed by atoms with van der Waals surface area (Å²) in [6.07, 6.45) is 4.60. The molecule has 3 aromatic heterocycles. The van der Waals surface area contributed by atoms with E-state index in [9.17, 15) is 5.26 Å². The van der Waals surface area contributed by atoms with Gasteiger partial charge in [0.2, 0.25) is 5.69 Å². The summed E-state index contributed by atoms with van der Waals surface area (Å²) in [6, 6.07) is 3.81. The van der Waals surface area contributed by atoms with Crippen LogP contribution in [0.4, 0.5) is 11.6 Å². The SMILES string of the molecule is CC(CN(C)C)Oc1nc(Nc2cc3[nH]cnc3cn2)cnc1C#N. The summed E-state index contributed by atoms with van der Waals surface area (Å²) in [5, 5.41) is 12.3. The number of likely N-dealkylation sites (N-methyl/N-ethyl adjacent to an activating group) is 1. The van der Waals surface area contributed by atoms with E-state index in [0.717, 1.165) is 11.0 Å². The van der Waals surface area contributed by atoms with Crippen LogP contribution in [-0.2, 0) is 0 Å². The molecular weight excluding hydrogens is 320 g/mol. The number of hydrogen-bond donors (Lipinski definition) is 2. The van der Waals surface area contributed by atoms with Crippen molar-refractivity contribution in [1.29, 1.82) is 5.26 Å². The molecule has 3 heterocycles. The monoisotopic (exact) mass is 338 g/mol. The van der Waals surface area contributed by atoms with Gasteiger partial charge in [-0.1, -0.05) is 0 Å². The molecule has 0 radical (unpaired) electrons. The topological polar surface area (TPSA) is 116 Å². The maximum Gasteiger partial charge on any atom is 0.253 e. The minimum absolute atomic E-state index is 0.133. The quantitative estimate of drug-likeness (QED) is 0.697. The fourth-order valence-electron chi connectivity index (χ4n) is 2.37. The Labute approximate surface area is 144 Å². The lowest BCUT2D eigenvalue weighted by molar-refractivity contribution is 0.169. The Morgan fingerprint density at radius 1 is 1.28 bits per heavy atom. The van der Waals surface area contributed by atoms with Crippen LogP contribution in [-0.4, -0.2) is 56.6 Å². The normalized spacial score (nSPS) is 12.1. The molecule has 0 spiro atoms. The largest absolute Gasteiger partial charge is 0.471 e. The lowest BCUT2D eigenvalue weighted by Crippen LogP contribution is -2.28. The van der Waals surface area contributed by atoms with Gasteiger partial charge in [-0.15, -0.1) is 0 Å².